The molecule has 1 aliphatic heterocycles. The number of amides is 3. The van der Waals surface area contributed by atoms with Crippen molar-refractivity contribution in [1.29, 1.82) is 0 Å². The second-order valence-electron chi connectivity index (χ2n) is 8.57. The van der Waals surface area contributed by atoms with Gasteiger partial charge in [0, 0.05) is 12.1 Å². The number of hydrogen-bond donors (Lipinski definition) is 1. The summed E-state index contributed by atoms with van der Waals surface area (Å²) in [5, 5.41) is 2.72. The number of hydrogen-bond acceptors (Lipinski definition) is 6. The molecular formula is C28H26N2O6. The molecule has 0 spiro atoms. The smallest absolute Gasteiger partial charge is 0.338 e. The molecule has 0 fully saturated rings. The van der Waals surface area contributed by atoms with Crippen LogP contribution in [0.1, 0.15) is 54.7 Å². The van der Waals surface area contributed by atoms with Crippen molar-refractivity contribution in [3.8, 4) is 5.75 Å². The normalized spacial score (nSPS) is 13.3. The third kappa shape index (κ3) is 4.70. The van der Waals surface area contributed by atoms with Crippen LogP contribution in [0.2, 0.25) is 0 Å². The Morgan fingerprint density at radius 1 is 0.944 bits per heavy atom. The van der Waals surface area contributed by atoms with Crippen LogP contribution in [0.4, 0.5) is 5.69 Å². The Hall–Kier alpha value is -4.46. The van der Waals surface area contributed by atoms with Crippen molar-refractivity contribution >= 4 is 29.4 Å². The molecule has 0 saturated heterocycles. The highest BCUT2D eigenvalue weighted by Gasteiger charge is 2.38. The van der Waals surface area contributed by atoms with Crippen molar-refractivity contribution < 1.29 is 28.7 Å². The van der Waals surface area contributed by atoms with Gasteiger partial charge < -0.3 is 14.8 Å². The van der Waals surface area contributed by atoms with Crippen molar-refractivity contribution in [2.45, 2.75) is 33.4 Å². The highest BCUT2D eigenvalue weighted by molar-refractivity contribution is 6.35. The lowest BCUT2D eigenvalue weighted by atomic mass is 10.1. The molecule has 184 valence electrons. The first-order valence-corrected chi connectivity index (χ1v) is 11.4. The zero-order valence-corrected chi connectivity index (χ0v) is 20.5. The van der Waals surface area contributed by atoms with Crippen molar-refractivity contribution in [1.82, 2.24) is 5.32 Å². The predicted octanol–water partition coefficient (Wildman–Crippen LogP) is 3.97. The summed E-state index contributed by atoms with van der Waals surface area (Å²) in [4.78, 5) is 52.5. The third-order valence-corrected chi connectivity index (χ3v) is 6.03. The lowest BCUT2D eigenvalue weighted by Gasteiger charge is -2.17. The highest BCUT2D eigenvalue weighted by atomic mass is 16.5. The van der Waals surface area contributed by atoms with E-state index in [1.54, 1.807) is 19.2 Å². The summed E-state index contributed by atoms with van der Waals surface area (Å²) in [6.07, 6.45) is -1.08. The van der Waals surface area contributed by atoms with Crippen LogP contribution in [0.15, 0.2) is 60.7 Å². The molecule has 8 heteroatoms. The van der Waals surface area contributed by atoms with Gasteiger partial charge in [0.05, 0.1) is 29.5 Å². The van der Waals surface area contributed by atoms with Gasteiger partial charge in [-0.05, 0) is 62.2 Å². The minimum atomic E-state index is -1.08. The molecule has 3 amide bonds. The lowest BCUT2D eigenvalue weighted by Crippen LogP contribution is -2.35. The van der Waals surface area contributed by atoms with Crippen LogP contribution in [0.5, 0.6) is 5.75 Å². The minimum absolute atomic E-state index is 0.0714. The van der Waals surface area contributed by atoms with Gasteiger partial charge in [-0.3, -0.25) is 14.4 Å². The fourth-order valence-electron chi connectivity index (χ4n) is 4.00. The van der Waals surface area contributed by atoms with Crippen LogP contribution in [0, 0.1) is 13.8 Å². The van der Waals surface area contributed by atoms with E-state index in [9.17, 15) is 19.2 Å². The number of anilines is 1. The molecule has 0 saturated carbocycles. The molecule has 3 aromatic carbocycles. The quantitative estimate of drug-likeness (QED) is 0.401. The van der Waals surface area contributed by atoms with Crippen molar-refractivity contribution in [3.05, 3.63) is 94.0 Å². The number of carbonyl (C=O) groups excluding carboxylic acids is 4. The number of imide groups is 1. The van der Waals surface area contributed by atoms with Gasteiger partial charge in [-0.2, -0.15) is 0 Å². The summed E-state index contributed by atoms with van der Waals surface area (Å²) in [6.45, 7) is 5.36. The largest absolute Gasteiger partial charge is 0.496 e. The van der Waals surface area contributed by atoms with Crippen LogP contribution in [0.3, 0.4) is 0 Å². The first-order valence-electron chi connectivity index (χ1n) is 11.4. The summed E-state index contributed by atoms with van der Waals surface area (Å²) >= 11 is 0. The molecule has 0 aromatic heterocycles. The van der Waals surface area contributed by atoms with Gasteiger partial charge in [0.25, 0.3) is 17.7 Å². The zero-order chi connectivity index (χ0) is 26.0. The first kappa shape index (κ1) is 24.7. The maximum Gasteiger partial charge on any atom is 0.338 e. The van der Waals surface area contributed by atoms with Crippen LogP contribution >= 0.6 is 0 Å². The van der Waals surface area contributed by atoms with Gasteiger partial charge >= 0.3 is 5.97 Å². The van der Waals surface area contributed by atoms with Gasteiger partial charge in [0.15, 0.2) is 6.10 Å². The number of nitrogens with zero attached hydrogens (tertiary/aromatic N) is 1. The van der Waals surface area contributed by atoms with Crippen molar-refractivity contribution in [2.75, 3.05) is 12.0 Å². The molecule has 3 aromatic rings. The van der Waals surface area contributed by atoms with Crippen LogP contribution in [0.25, 0.3) is 0 Å². The monoisotopic (exact) mass is 486 g/mol. The van der Waals surface area contributed by atoms with Crippen molar-refractivity contribution in [3.63, 3.8) is 0 Å². The molecule has 1 heterocycles. The van der Waals surface area contributed by atoms with Gasteiger partial charge in [-0.25, -0.2) is 9.69 Å². The van der Waals surface area contributed by atoms with Gasteiger partial charge in [0.2, 0.25) is 0 Å². The molecule has 1 unspecified atom stereocenters. The second-order valence-corrected chi connectivity index (χ2v) is 8.57. The van der Waals surface area contributed by atoms with Gasteiger partial charge in [0.1, 0.15) is 5.75 Å². The Kier molecular flexibility index (Phi) is 6.87. The van der Waals surface area contributed by atoms with E-state index in [0.717, 1.165) is 21.6 Å². The zero-order valence-electron chi connectivity index (χ0n) is 20.5. The average Bonchev–Trinajstić information content (AvgIpc) is 3.13. The summed E-state index contributed by atoms with van der Waals surface area (Å²) < 4.78 is 10.6. The second kappa shape index (κ2) is 10.0. The van der Waals surface area contributed by atoms with Gasteiger partial charge in [-0.1, -0.05) is 30.3 Å². The number of fused-ring (bicyclic) bond motifs is 1. The standard InChI is InChI=1S/C28H26N2O6/c1-16-9-10-17(2)23(13-16)30-26(32)21-12-11-19(14-22(21)27(30)33)28(34)36-18(3)25(31)29-15-20-7-5-6-8-24(20)35-4/h5-14,18H,15H2,1-4H3,(H,29,31). The molecule has 1 N–H and O–H groups in total. The molecule has 0 bridgehead atoms. The molecule has 1 atom stereocenters. The van der Waals surface area contributed by atoms with Gasteiger partial charge in [-0.15, -0.1) is 0 Å². The lowest BCUT2D eigenvalue weighted by molar-refractivity contribution is -0.129. The van der Waals surface area contributed by atoms with E-state index < -0.39 is 29.8 Å². The average molecular weight is 487 g/mol. The number of para-hydroxylation sites is 1. The fraction of sp³-hybridized carbons (Fsp3) is 0.214. The summed E-state index contributed by atoms with van der Waals surface area (Å²) in [5.74, 6) is -1.59. The van der Waals surface area contributed by atoms with E-state index >= 15 is 0 Å². The maximum absolute atomic E-state index is 13.1. The Balaban J connectivity index is 1.45. The number of methoxy groups -OCH3 is 1. The Bertz CT molecular complexity index is 1380. The maximum atomic E-state index is 13.1. The number of carbonyl (C=O) groups is 4. The number of aryl methyl sites for hydroxylation is 2. The first-order chi connectivity index (χ1) is 17.2. The highest BCUT2D eigenvalue weighted by Crippen LogP contribution is 2.32. The number of benzene rings is 3. The molecule has 1 aliphatic rings. The summed E-state index contributed by atoms with van der Waals surface area (Å²) in [7, 11) is 1.54. The Labute approximate surface area is 208 Å². The molecule has 0 radical (unpaired) electrons. The van der Waals surface area contributed by atoms with E-state index in [1.807, 2.05) is 44.2 Å². The number of rotatable bonds is 7. The summed E-state index contributed by atoms with van der Waals surface area (Å²) in [6, 6.07) is 17.0. The Morgan fingerprint density at radius 2 is 1.67 bits per heavy atom. The third-order valence-electron chi connectivity index (χ3n) is 6.03. The fourth-order valence-corrected chi connectivity index (χ4v) is 4.00. The van der Waals surface area contributed by atoms with Crippen molar-refractivity contribution in [2.24, 2.45) is 0 Å². The van der Waals surface area contributed by atoms with Crippen LogP contribution in [-0.2, 0) is 16.1 Å². The topological polar surface area (TPSA) is 102 Å². The molecule has 0 aliphatic carbocycles. The number of nitrogens with one attached hydrogen (secondary N) is 1. The summed E-state index contributed by atoms with van der Waals surface area (Å²) in [5.41, 5.74) is 3.37. The Morgan fingerprint density at radius 3 is 2.42 bits per heavy atom. The van der Waals surface area contributed by atoms with Crippen LogP contribution in [-0.4, -0.2) is 36.9 Å². The molecule has 4 rings (SSSR count). The predicted molar refractivity (Wildman–Crippen MR) is 133 cm³/mol. The molecular weight excluding hydrogens is 460 g/mol. The van der Waals surface area contributed by atoms with E-state index in [1.165, 1.54) is 25.1 Å². The molecule has 36 heavy (non-hydrogen) atoms. The van der Waals surface area contributed by atoms with E-state index in [4.69, 9.17) is 9.47 Å². The van der Waals surface area contributed by atoms with E-state index in [2.05, 4.69) is 5.32 Å². The number of ether oxygens (including phenoxy) is 2. The SMILES string of the molecule is COc1ccccc1CNC(=O)C(C)OC(=O)c1ccc2c(c1)C(=O)N(c1cc(C)ccc1C)C2=O. The molecule has 8 nitrogen and oxygen atoms in total. The van der Waals surface area contributed by atoms with E-state index in [0.29, 0.717) is 11.4 Å². The van der Waals surface area contributed by atoms with E-state index in [-0.39, 0.29) is 23.2 Å². The van der Waals surface area contributed by atoms with Crippen LogP contribution < -0.4 is 15.0 Å². The number of esters is 1. The minimum Gasteiger partial charge on any atom is -0.496 e.